The zero-order valence-electron chi connectivity index (χ0n) is 12.0. The average Bonchev–Trinajstić information content (AvgIpc) is 3.03. The summed E-state index contributed by atoms with van der Waals surface area (Å²) in [6.07, 6.45) is 6.37. The lowest BCUT2D eigenvalue weighted by atomic mass is 9.77. The Morgan fingerprint density at radius 1 is 1.40 bits per heavy atom. The molecule has 0 saturated heterocycles. The summed E-state index contributed by atoms with van der Waals surface area (Å²) in [5, 5.41) is 1.15. The van der Waals surface area contributed by atoms with Crippen molar-refractivity contribution in [2.75, 3.05) is 0 Å². The largest absolute Gasteiger partial charge is 0.294 e. The molecule has 2 aromatic heterocycles. The number of thiophene rings is 1. The first-order valence-electron chi connectivity index (χ1n) is 7.48. The molecule has 0 amide bonds. The van der Waals surface area contributed by atoms with Crippen molar-refractivity contribution in [1.29, 1.82) is 0 Å². The maximum Gasteiger partial charge on any atom is 0.169 e. The van der Waals surface area contributed by atoms with Crippen molar-refractivity contribution in [3.8, 4) is 0 Å². The average molecular weight is 285 g/mol. The quantitative estimate of drug-likeness (QED) is 0.765. The molecule has 0 bridgehead atoms. The second-order valence-electron chi connectivity index (χ2n) is 6.75. The van der Waals surface area contributed by atoms with E-state index in [0.717, 1.165) is 27.4 Å². The first-order chi connectivity index (χ1) is 9.55. The minimum atomic E-state index is 0.148. The van der Waals surface area contributed by atoms with Gasteiger partial charge < -0.3 is 0 Å². The maximum absolute atomic E-state index is 11.5. The van der Waals surface area contributed by atoms with E-state index < -0.39 is 0 Å². The number of hydrogen-bond acceptors (Lipinski definition) is 3. The number of carbonyl (C=O) groups is 1. The SMILES string of the molecule is CC(=O)c1cc2cc3c(nc2s1)CC[C@H](C1(C)CC1)C3. The van der Waals surface area contributed by atoms with Gasteiger partial charge in [-0.3, -0.25) is 4.79 Å². The summed E-state index contributed by atoms with van der Waals surface area (Å²) in [5.74, 6) is 0.981. The van der Waals surface area contributed by atoms with E-state index in [1.807, 2.05) is 6.07 Å². The van der Waals surface area contributed by atoms with E-state index in [1.54, 1.807) is 6.92 Å². The van der Waals surface area contributed by atoms with E-state index >= 15 is 0 Å². The van der Waals surface area contributed by atoms with E-state index in [4.69, 9.17) is 4.98 Å². The Morgan fingerprint density at radius 2 is 2.20 bits per heavy atom. The Labute approximate surface area is 123 Å². The fraction of sp³-hybridized carbons (Fsp3) is 0.529. The van der Waals surface area contributed by atoms with Gasteiger partial charge in [0.2, 0.25) is 0 Å². The van der Waals surface area contributed by atoms with Crippen LogP contribution >= 0.6 is 11.3 Å². The van der Waals surface area contributed by atoms with Gasteiger partial charge in [0.05, 0.1) is 4.88 Å². The van der Waals surface area contributed by atoms with Crippen molar-refractivity contribution in [3.05, 3.63) is 28.3 Å². The van der Waals surface area contributed by atoms with Gasteiger partial charge in [-0.1, -0.05) is 6.92 Å². The van der Waals surface area contributed by atoms with E-state index in [9.17, 15) is 4.79 Å². The minimum Gasteiger partial charge on any atom is -0.294 e. The van der Waals surface area contributed by atoms with Gasteiger partial charge in [-0.05, 0) is 68.1 Å². The third-order valence-electron chi connectivity index (χ3n) is 5.24. The second kappa shape index (κ2) is 4.14. The summed E-state index contributed by atoms with van der Waals surface area (Å²) in [6, 6.07) is 4.30. The van der Waals surface area contributed by atoms with Crippen LogP contribution in [-0.4, -0.2) is 10.8 Å². The molecule has 0 radical (unpaired) electrons. The molecule has 2 nitrogen and oxygen atoms in total. The summed E-state index contributed by atoms with van der Waals surface area (Å²) in [6.45, 7) is 4.07. The molecule has 1 atom stereocenters. The minimum absolute atomic E-state index is 0.148. The summed E-state index contributed by atoms with van der Waals surface area (Å²) in [4.78, 5) is 18.2. The van der Waals surface area contributed by atoms with Crippen LogP contribution in [0.15, 0.2) is 12.1 Å². The molecule has 2 heterocycles. The molecule has 4 rings (SSSR count). The molecule has 104 valence electrons. The smallest absolute Gasteiger partial charge is 0.169 e. The van der Waals surface area contributed by atoms with Gasteiger partial charge in [-0.25, -0.2) is 4.98 Å². The van der Waals surface area contributed by atoms with Crippen molar-refractivity contribution >= 4 is 27.3 Å². The number of Topliss-reactive ketones (excluding diaryl/α,β-unsaturated/α-hetero) is 1. The van der Waals surface area contributed by atoms with Gasteiger partial charge in [0.15, 0.2) is 5.78 Å². The zero-order valence-corrected chi connectivity index (χ0v) is 12.8. The first kappa shape index (κ1) is 12.5. The lowest BCUT2D eigenvalue weighted by molar-refractivity contribution is 0.102. The maximum atomic E-state index is 11.5. The van der Waals surface area contributed by atoms with E-state index in [-0.39, 0.29) is 5.78 Å². The molecular formula is C17H19NOS. The molecule has 20 heavy (non-hydrogen) atoms. The highest BCUT2D eigenvalue weighted by Crippen LogP contribution is 2.55. The number of rotatable bonds is 2. The molecule has 0 N–H and O–H groups in total. The lowest BCUT2D eigenvalue weighted by Crippen LogP contribution is -2.22. The van der Waals surface area contributed by atoms with Gasteiger partial charge in [-0.2, -0.15) is 0 Å². The van der Waals surface area contributed by atoms with Gasteiger partial charge >= 0.3 is 0 Å². The lowest BCUT2D eigenvalue weighted by Gasteiger charge is -2.28. The number of ketones is 1. The standard InChI is InChI=1S/C17H19NOS/c1-10(19)15-9-12-7-11-8-13(17(2)5-6-17)3-4-14(11)18-16(12)20-15/h7,9,13H,3-6,8H2,1-2H3/t13-/m0/s1. The number of aromatic nitrogens is 1. The first-order valence-corrected chi connectivity index (χ1v) is 8.30. The highest BCUT2D eigenvalue weighted by Gasteiger charge is 2.45. The highest BCUT2D eigenvalue weighted by atomic mass is 32.1. The second-order valence-corrected chi connectivity index (χ2v) is 7.78. The Hall–Kier alpha value is -1.22. The molecular weight excluding hydrogens is 266 g/mol. The predicted octanol–water partition coefficient (Wildman–Crippen LogP) is 4.40. The fourth-order valence-electron chi connectivity index (χ4n) is 3.50. The van der Waals surface area contributed by atoms with Gasteiger partial charge in [0.1, 0.15) is 4.83 Å². The third-order valence-corrected chi connectivity index (χ3v) is 6.39. The molecule has 1 fully saturated rings. The summed E-state index contributed by atoms with van der Waals surface area (Å²) in [7, 11) is 0. The number of pyridine rings is 1. The van der Waals surface area contributed by atoms with Crippen LogP contribution in [0.3, 0.4) is 0 Å². The van der Waals surface area contributed by atoms with E-state index in [2.05, 4.69) is 13.0 Å². The number of fused-ring (bicyclic) bond motifs is 2. The normalized spacial score (nSPS) is 23.6. The van der Waals surface area contributed by atoms with E-state index in [1.165, 1.54) is 48.3 Å². The highest BCUT2D eigenvalue weighted by molar-refractivity contribution is 7.20. The van der Waals surface area contributed by atoms with E-state index in [0.29, 0.717) is 5.41 Å². The van der Waals surface area contributed by atoms with Crippen LogP contribution in [0, 0.1) is 11.3 Å². The molecule has 0 aliphatic heterocycles. The number of nitrogens with zero attached hydrogens (tertiary/aromatic N) is 1. The Morgan fingerprint density at radius 3 is 2.90 bits per heavy atom. The monoisotopic (exact) mass is 285 g/mol. The van der Waals surface area contributed by atoms with Crippen molar-refractivity contribution in [1.82, 2.24) is 4.98 Å². The molecule has 2 aromatic rings. The number of aryl methyl sites for hydroxylation is 1. The predicted molar refractivity (Wildman–Crippen MR) is 82.5 cm³/mol. The van der Waals surface area contributed by atoms with Crippen LogP contribution in [0.4, 0.5) is 0 Å². The van der Waals surface area contributed by atoms with Crippen LogP contribution in [0.25, 0.3) is 10.2 Å². The topological polar surface area (TPSA) is 30.0 Å². The molecule has 3 heteroatoms. The third kappa shape index (κ3) is 1.91. The summed E-state index contributed by atoms with van der Waals surface area (Å²) in [5.41, 5.74) is 3.30. The Balaban J connectivity index is 1.74. The van der Waals surface area contributed by atoms with Crippen molar-refractivity contribution in [3.63, 3.8) is 0 Å². The fourth-order valence-corrected chi connectivity index (χ4v) is 4.43. The van der Waals surface area contributed by atoms with Gasteiger partial charge in [0, 0.05) is 11.1 Å². The van der Waals surface area contributed by atoms with Crippen molar-refractivity contribution in [2.24, 2.45) is 11.3 Å². The van der Waals surface area contributed by atoms with Crippen LogP contribution < -0.4 is 0 Å². The molecule has 0 unspecified atom stereocenters. The summed E-state index contributed by atoms with van der Waals surface area (Å²) < 4.78 is 0. The number of hydrogen-bond donors (Lipinski definition) is 0. The summed E-state index contributed by atoms with van der Waals surface area (Å²) >= 11 is 1.54. The molecule has 1 saturated carbocycles. The molecule has 0 spiro atoms. The Bertz CT molecular complexity index is 711. The number of carbonyl (C=O) groups excluding carboxylic acids is 1. The van der Waals surface area contributed by atoms with Crippen molar-refractivity contribution < 1.29 is 4.79 Å². The van der Waals surface area contributed by atoms with Crippen molar-refractivity contribution in [2.45, 2.75) is 46.0 Å². The van der Waals surface area contributed by atoms with Crippen LogP contribution in [0.2, 0.25) is 0 Å². The van der Waals surface area contributed by atoms with Gasteiger partial charge in [-0.15, -0.1) is 11.3 Å². The zero-order chi connectivity index (χ0) is 13.9. The van der Waals surface area contributed by atoms with Crippen LogP contribution in [0.5, 0.6) is 0 Å². The van der Waals surface area contributed by atoms with Crippen LogP contribution in [-0.2, 0) is 12.8 Å². The molecule has 2 aliphatic rings. The molecule has 0 aromatic carbocycles. The Kier molecular flexibility index (Phi) is 2.59. The van der Waals surface area contributed by atoms with Crippen LogP contribution in [0.1, 0.15) is 54.0 Å². The van der Waals surface area contributed by atoms with Gasteiger partial charge in [0.25, 0.3) is 0 Å². The molecule has 2 aliphatic carbocycles.